The van der Waals surface area contributed by atoms with Gasteiger partial charge in [0, 0.05) is 12.1 Å². The number of halogens is 6. The summed E-state index contributed by atoms with van der Waals surface area (Å²) in [5, 5.41) is 12.7. The van der Waals surface area contributed by atoms with Gasteiger partial charge in [-0.15, -0.1) is 23.1 Å². The number of amides is 1. The summed E-state index contributed by atoms with van der Waals surface area (Å²) in [6.07, 6.45) is -2.84. The summed E-state index contributed by atoms with van der Waals surface area (Å²) in [5.74, 6) is -3.68. The first-order chi connectivity index (χ1) is 14.5. The molecule has 0 aliphatic heterocycles. The fraction of sp³-hybridized carbons (Fsp3) is 0.0556. The minimum absolute atomic E-state index is 0.00610. The second kappa shape index (κ2) is 8.82. The molecule has 0 bridgehead atoms. The Bertz CT molecular complexity index is 1190. The van der Waals surface area contributed by atoms with Crippen LogP contribution in [0.25, 0.3) is 0 Å². The van der Waals surface area contributed by atoms with Gasteiger partial charge in [0.15, 0.2) is 11.6 Å². The number of nitrogens with zero attached hydrogens (tertiary/aromatic N) is 3. The third-order valence-electron chi connectivity index (χ3n) is 3.53. The van der Waals surface area contributed by atoms with Crippen LogP contribution in [0.1, 0.15) is 10.4 Å². The van der Waals surface area contributed by atoms with Gasteiger partial charge in [-0.05, 0) is 24.3 Å². The van der Waals surface area contributed by atoms with Crippen LogP contribution < -0.4 is 14.8 Å². The molecule has 1 aromatic heterocycles. The van der Waals surface area contributed by atoms with Crippen molar-refractivity contribution in [3.63, 3.8) is 0 Å². The van der Waals surface area contributed by atoms with Crippen LogP contribution in [-0.4, -0.2) is 27.4 Å². The van der Waals surface area contributed by atoms with E-state index in [1.54, 1.807) is 0 Å². The van der Waals surface area contributed by atoms with Gasteiger partial charge in [0.1, 0.15) is 11.5 Å². The average molecular weight is 478 g/mol. The van der Waals surface area contributed by atoms with Crippen LogP contribution in [0.3, 0.4) is 0 Å². The molecule has 0 aliphatic rings. The molecular formula is C18H9Cl2F4N3O4. The second-order valence-electron chi connectivity index (χ2n) is 5.73. The smallest absolute Gasteiger partial charge is 0.456 e. The first-order valence-electron chi connectivity index (χ1n) is 8.07. The molecule has 0 spiro atoms. The zero-order chi connectivity index (χ0) is 22.8. The van der Waals surface area contributed by atoms with Gasteiger partial charge in [-0.25, -0.2) is 9.38 Å². The normalized spacial score (nSPS) is 12.0. The molecular weight excluding hydrogens is 469 g/mol. The number of hydrogen-bond donors (Lipinski definition) is 1. The summed E-state index contributed by atoms with van der Waals surface area (Å²) >= 11 is 11.9. The molecule has 0 fully saturated rings. The molecule has 13 heteroatoms. The maximum Gasteiger partial charge on any atom is 0.573 e. The molecule has 0 unspecified atom stereocenters. The Morgan fingerprint density at radius 2 is 1.81 bits per heavy atom. The predicted octanol–water partition coefficient (Wildman–Crippen LogP) is 5.00. The minimum atomic E-state index is -5.07. The lowest BCUT2D eigenvalue weighted by atomic mass is 10.2. The fourth-order valence-electron chi connectivity index (χ4n) is 2.25. The van der Waals surface area contributed by atoms with Gasteiger partial charge in [0.05, 0.1) is 33.4 Å². The Kier molecular flexibility index (Phi) is 6.37. The lowest BCUT2D eigenvalue weighted by molar-refractivity contribution is -0.275. The molecule has 0 saturated heterocycles. The van der Waals surface area contributed by atoms with Gasteiger partial charge in [0.2, 0.25) is 0 Å². The standard InChI is InChI=1S/C18H9Cl2F4N3O4/c19-12-6-11(17(28)26-9-3-4-27(29)25-8-9)16(7-13(12)20)30-10-1-2-15(14(21)5-10)31-18(22,23)24/h1-8,29H. The van der Waals surface area contributed by atoms with E-state index in [-0.39, 0.29) is 32.5 Å². The molecule has 31 heavy (non-hydrogen) atoms. The number of ether oxygens (including phenoxy) is 2. The number of hydrogen-bond acceptors (Lipinski definition) is 5. The molecule has 0 radical (unpaired) electrons. The monoisotopic (exact) mass is 477 g/mol. The van der Waals surface area contributed by atoms with Crippen LogP contribution in [0.2, 0.25) is 10.0 Å². The van der Waals surface area contributed by atoms with Gasteiger partial charge >= 0.3 is 6.36 Å². The molecule has 1 heterocycles. The Labute approximate surface area is 180 Å². The molecule has 0 atom stereocenters. The summed E-state index contributed by atoms with van der Waals surface area (Å²) in [5.41, 5.74) is -0.175. The number of aromatic nitrogens is 2. The van der Waals surface area contributed by atoms with Crippen molar-refractivity contribution < 1.29 is 37.0 Å². The van der Waals surface area contributed by atoms with Crippen molar-refractivity contribution in [2.45, 2.75) is 6.36 Å². The SMILES string of the molecule is O=C(N=c1ccn(O)nc1)c1cc(Cl)c(Cl)cc1Oc1ccc(OC(F)(F)F)c(F)c1. The zero-order valence-electron chi connectivity index (χ0n) is 14.9. The Hall–Kier alpha value is -3.31. The fourth-order valence-corrected chi connectivity index (χ4v) is 2.56. The lowest BCUT2D eigenvalue weighted by Crippen LogP contribution is -2.17. The number of carbonyl (C=O) groups excluding carboxylic acids is 1. The van der Waals surface area contributed by atoms with E-state index in [1.165, 1.54) is 6.07 Å². The van der Waals surface area contributed by atoms with E-state index < -0.39 is 23.8 Å². The Balaban J connectivity index is 1.95. The summed E-state index contributed by atoms with van der Waals surface area (Å²) in [6, 6.07) is 5.95. The molecule has 0 aliphatic carbocycles. The molecule has 2 aromatic carbocycles. The Morgan fingerprint density at radius 3 is 2.42 bits per heavy atom. The van der Waals surface area contributed by atoms with Crippen molar-refractivity contribution in [2.75, 3.05) is 0 Å². The largest absolute Gasteiger partial charge is 0.573 e. The predicted molar refractivity (Wildman–Crippen MR) is 98.9 cm³/mol. The summed E-state index contributed by atoms with van der Waals surface area (Å²) in [6.45, 7) is 0. The van der Waals surface area contributed by atoms with Crippen LogP contribution >= 0.6 is 23.2 Å². The highest BCUT2D eigenvalue weighted by atomic mass is 35.5. The van der Waals surface area contributed by atoms with Gasteiger partial charge in [-0.1, -0.05) is 23.2 Å². The molecule has 3 rings (SSSR count). The van der Waals surface area contributed by atoms with E-state index in [0.29, 0.717) is 17.0 Å². The van der Waals surface area contributed by atoms with E-state index in [9.17, 15) is 22.4 Å². The van der Waals surface area contributed by atoms with E-state index in [4.69, 9.17) is 33.1 Å². The molecule has 0 saturated carbocycles. The van der Waals surface area contributed by atoms with E-state index in [1.807, 2.05) is 0 Å². The summed E-state index contributed by atoms with van der Waals surface area (Å²) in [4.78, 5) is 16.9. The van der Waals surface area contributed by atoms with Gasteiger partial charge in [0.25, 0.3) is 5.91 Å². The van der Waals surface area contributed by atoms with E-state index in [0.717, 1.165) is 30.6 Å². The van der Waals surface area contributed by atoms with Gasteiger partial charge in [-0.3, -0.25) is 4.79 Å². The van der Waals surface area contributed by atoms with Crippen LogP contribution in [-0.2, 0) is 0 Å². The highest BCUT2D eigenvalue weighted by Gasteiger charge is 2.32. The third kappa shape index (κ3) is 5.86. The minimum Gasteiger partial charge on any atom is -0.456 e. The first kappa shape index (κ1) is 22.4. The van der Waals surface area contributed by atoms with E-state index >= 15 is 0 Å². The second-order valence-corrected chi connectivity index (χ2v) is 6.54. The van der Waals surface area contributed by atoms with Gasteiger partial charge < -0.3 is 14.7 Å². The first-order valence-corrected chi connectivity index (χ1v) is 8.83. The zero-order valence-corrected chi connectivity index (χ0v) is 16.4. The van der Waals surface area contributed by atoms with Gasteiger partial charge in [-0.2, -0.15) is 0 Å². The van der Waals surface area contributed by atoms with Crippen molar-refractivity contribution in [3.05, 3.63) is 75.6 Å². The van der Waals surface area contributed by atoms with Crippen LogP contribution in [0.4, 0.5) is 17.6 Å². The van der Waals surface area contributed by atoms with Crippen molar-refractivity contribution in [1.82, 2.24) is 9.94 Å². The van der Waals surface area contributed by atoms with Crippen LogP contribution in [0, 0.1) is 5.82 Å². The quantitative estimate of drug-likeness (QED) is 0.422. The molecule has 3 aromatic rings. The molecule has 1 amide bonds. The van der Waals surface area contributed by atoms with Crippen molar-refractivity contribution in [3.8, 4) is 17.2 Å². The topological polar surface area (TPSA) is 85.9 Å². The lowest BCUT2D eigenvalue weighted by Gasteiger charge is -2.13. The van der Waals surface area contributed by atoms with Crippen molar-refractivity contribution in [2.24, 2.45) is 4.99 Å². The molecule has 7 nitrogen and oxygen atoms in total. The van der Waals surface area contributed by atoms with E-state index in [2.05, 4.69) is 14.8 Å². The highest BCUT2D eigenvalue weighted by molar-refractivity contribution is 6.42. The number of alkyl halides is 3. The summed E-state index contributed by atoms with van der Waals surface area (Å²) in [7, 11) is 0. The summed E-state index contributed by atoms with van der Waals surface area (Å²) < 4.78 is 59.8. The average Bonchev–Trinajstić information content (AvgIpc) is 2.67. The maximum absolute atomic E-state index is 13.9. The van der Waals surface area contributed by atoms with Crippen LogP contribution in [0.5, 0.6) is 17.2 Å². The highest BCUT2D eigenvalue weighted by Crippen LogP contribution is 2.35. The van der Waals surface area contributed by atoms with Crippen molar-refractivity contribution in [1.29, 1.82) is 0 Å². The number of benzene rings is 2. The molecule has 162 valence electrons. The van der Waals surface area contributed by atoms with Crippen LogP contribution in [0.15, 0.2) is 53.8 Å². The number of carbonyl (C=O) groups is 1. The number of rotatable bonds is 4. The molecule has 1 N–H and O–H groups in total. The Morgan fingerprint density at radius 1 is 1.10 bits per heavy atom. The third-order valence-corrected chi connectivity index (χ3v) is 4.25. The maximum atomic E-state index is 13.9. The van der Waals surface area contributed by atoms with Crippen molar-refractivity contribution >= 4 is 29.1 Å².